The lowest BCUT2D eigenvalue weighted by atomic mass is 10.1. The third-order valence-corrected chi connectivity index (χ3v) is 4.09. The molecule has 26 heavy (non-hydrogen) atoms. The Morgan fingerprint density at radius 1 is 1.46 bits per heavy atom. The molecule has 1 aliphatic rings. The van der Waals surface area contributed by atoms with Gasteiger partial charge in [0.05, 0.1) is 7.11 Å². The number of nitrogens with zero attached hydrogens (tertiary/aromatic N) is 2. The summed E-state index contributed by atoms with van der Waals surface area (Å²) >= 11 is 0. The van der Waals surface area contributed by atoms with Crippen molar-refractivity contribution in [1.82, 2.24) is 15.8 Å². The van der Waals surface area contributed by atoms with E-state index in [9.17, 15) is 14.0 Å². The summed E-state index contributed by atoms with van der Waals surface area (Å²) in [6, 6.07) is 3.51. The molecule has 2 N–H and O–H groups in total. The van der Waals surface area contributed by atoms with Gasteiger partial charge in [-0.05, 0) is 24.6 Å². The molecule has 0 bridgehead atoms. The monoisotopic (exact) mass is 362 g/mol. The maximum Gasteiger partial charge on any atom is 0.259 e. The fourth-order valence-electron chi connectivity index (χ4n) is 2.75. The van der Waals surface area contributed by atoms with E-state index in [0.29, 0.717) is 24.3 Å². The number of carbonyl (C=O) groups excluding carboxylic acids is 2. The van der Waals surface area contributed by atoms with Crippen LogP contribution in [0.15, 0.2) is 22.7 Å². The summed E-state index contributed by atoms with van der Waals surface area (Å²) in [5.74, 6) is -0.757. The molecule has 0 aliphatic carbocycles. The predicted octanol–water partition coefficient (Wildman–Crippen LogP) is 1.17. The number of amides is 2. The number of carbonyl (C=O) groups is 2. The molecule has 2 heterocycles. The molecule has 1 aromatic heterocycles. The summed E-state index contributed by atoms with van der Waals surface area (Å²) in [5, 5.41) is 9.30. The molecule has 1 fully saturated rings. The number of hydrogen-bond acceptors (Lipinski definition) is 6. The Bertz CT molecular complexity index is 849. The highest BCUT2D eigenvalue weighted by atomic mass is 19.1. The van der Waals surface area contributed by atoms with Gasteiger partial charge in [-0.2, -0.15) is 0 Å². The van der Waals surface area contributed by atoms with Crippen LogP contribution >= 0.6 is 0 Å². The van der Waals surface area contributed by atoms with E-state index in [2.05, 4.69) is 15.8 Å². The van der Waals surface area contributed by atoms with E-state index >= 15 is 0 Å². The van der Waals surface area contributed by atoms with Gasteiger partial charge in [0.15, 0.2) is 23.1 Å². The van der Waals surface area contributed by atoms with Gasteiger partial charge in [0.25, 0.3) is 5.91 Å². The normalized spacial score (nSPS) is 16.3. The number of methoxy groups -OCH3 is 1. The molecule has 0 saturated carbocycles. The lowest BCUT2D eigenvalue weighted by molar-refractivity contribution is -0.120. The molecule has 0 spiro atoms. The highest BCUT2D eigenvalue weighted by Crippen LogP contribution is 2.33. The van der Waals surface area contributed by atoms with Crippen LogP contribution < -0.4 is 20.3 Å². The Hall–Kier alpha value is -3.10. The van der Waals surface area contributed by atoms with Gasteiger partial charge in [-0.15, -0.1) is 0 Å². The van der Waals surface area contributed by atoms with Gasteiger partial charge >= 0.3 is 0 Å². The second-order valence-electron chi connectivity index (χ2n) is 6.06. The van der Waals surface area contributed by atoms with Crippen LogP contribution in [0.3, 0.4) is 0 Å². The fourth-order valence-corrected chi connectivity index (χ4v) is 2.75. The van der Waals surface area contributed by atoms with Crippen LogP contribution in [0.2, 0.25) is 0 Å². The average molecular weight is 362 g/mol. The summed E-state index contributed by atoms with van der Waals surface area (Å²) in [6.07, 6.45) is 0.507. The van der Waals surface area contributed by atoms with Crippen LogP contribution in [-0.2, 0) is 4.79 Å². The zero-order valence-corrected chi connectivity index (χ0v) is 14.6. The molecule has 9 heteroatoms. The van der Waals surface area contributed by atoms with E-state index in [-0.39, 0.29) is 23.0 Å². The maximum atomic E-state index is 13.7. The number of ether oxygens (including phenoxy) is 1. The molecule has 138 valence electrons. The summed E-state index contributed by atoms with van der Waals surface area (Å²) in [7, 11) is 4.78. The minimum atomic E-state index is -0.608. The minimum absolute atomic E-state index is 0.0202. The van der Waals surface area contributed by atoms with Crippen LogP contribution in [0.4, 0.5) is 10.2 Å². The van der Waals surface area contributed by atoms with Gasteiger partial charge in [-0.1, -0.05) is 5.16 Å². The molecule has 0 radical (unpaired) electrons. The van der Waals surface area contributed by atoms with Gasteiger partial charge < -0.3 is 24.8 Å². The number of anilines is 1. The summed E-state index contributed by atoms with van der Waals surface area (Å²) in [5.41, 5.74) is 0.605. The standard InChI is InChI=1S/C17H19FN4O4/c1-22(2)15-13(17(24)20-11-6-7-19-16(11)23)14(26-21-15)9-4-5-10(18)12(8-9)25-3/h4-5,8,11H,6-7H2,1-3H3,(H,19,23)(H,20,24). The number of hydrogen-bond donors (Lipinski definition) is 2. The summed E-state index contributed by atoms with van der Waals surface area (Å²) < 4.78 is 24.0. The Morgan fingerprint density at radius 2 is 2.23 bits per heavy atom. The molecular weight excluding hydrogens is 343 g/mol. The largest absolute Gasteiger partial charge is 0.494 e. The Morgan fingerprint density at radius 3 is 2.85 bits per heavy atom. The minimum Gasteiger partial charge on any atom is -0.494 e. The molecule has 1 unspecified atom stereocenters. The van der Waals surface area contributed by atoms with Gasteiger partial charge in [-0.25, -0.2) is 4.39 Å². The van der Waals surface area contributed by atoms with E-state index in [1.54, 1.807) is 19.0 Å². The van der Waals surface area contributed by atoms with Crippen LogP contribution in [0.5, 0.6) is 5.75 Å². The topological polar surface area (TPSA) is 96.7 Å². The fraction of sp³-hybridized carbons (Fsp3) is 0.353. The highest BCUT2D eigenvalue weighted by molar-refractivity contribution is 6.05. The number of aromatic nitrogens is 1. The lowest BCUT2D eigenvalue weighted by Crippen LogP contribution is -2.40. The molecule has 8 nitrogen and oxygen atoms in total. The molecule has 3 rings (SSSR count). The molecule has 1 saturated heterocycles. The first-order valence-corrected chi connectivity index (χ1v) is 8.02. The molecule has 1 aliphatic heterocycles. The van der Waals surface area contributed by atoms with Crippen molar-refractivity contribution in [1.29, 1.82) is 0 Å². The van der Waals surface area contributed by atoms with Crippen molar-refractivity contribution in [3.05, 3.63) is 29.6 Å². The molecule has 1 aromatic carbocycles. The second-order valence-corrected chi connectivity index (χ2v) is 6.06. The van der Waals surface area contributed by atoms with Crippen molar-refractivity contribution < 1.29 is 23.2 Å². The van der Waals surface area contributed by atoms with Crippen molar-refractivity contribution in [3.8, 4) is 17.1 Å². The molecule has 1 atom stereocenters. The number of halogens is 1. The summed E-state index contributed by atoms with van der Waals surface area (Å²) in [4.78, 5) is 26.2. The first-order chi connectivity index (χ1) is 12.4. The first kappa shape index (κ1) is 17.7. The van der Waals surface area contributed by atoms with Gasteiger partial charge in [-0.3, -0.25) is 9.59 Å². The number of nitrogens with one attached hydrogen (secondary N) is 2. The van der Waals surface area contributed by atoms with Gasteiger partial charge in [0.1, 0.15) is 11.6 Å². The maximum absolute atomic E-state index is 13.7. The first-order valence-electron chi connectivity index (χ1n) is 8.02. The van der Waals surface area contributed by atoms with Crippen LogP contribution in [-0.4, -0.2) is 50.8 Å². The second kappa shape index (κ2) is 7.03. The summed E-state index contributed by atoms with van der Waals surface area (Å²) in [6.45, 7) is 0.510. The Balaban J connectivity index is 2.01. The van der Waals surface area contributed by atoms with Crippen molar-refractivity contribution in [2.45, 2.75) is 12.5 Å². The SMILES string of the molecule is COc1cc(-c2onc(N(C)C)c2C(=O)NC2CCNC2=O)ccc1F. The van der Waals surface area contributed by atoms with Crippen LogP contribution in [0.25, 0.3) is 11.3 Å². The molecular formula is C17H19FN4O4. The lowest BCUT2D eigenvalue weighted by Gasteiger charge is -2.13. The van der Waals surface area contributed by atoms with Gasteiger partial charge in [0, 0.05) is 26.2 Å². The average Bonchev–Trinajstić information content (AvgIpc) is 3.22. The zero-order chi connectivity index (χ0) is 18.8. The quantitative estimate of drug-likeness (QED) is 0.829. The highest BCUT2D eigenvalue weighted by Gasteiger charge is 2.31. The van der Waals surface area contributed by atoms with Crippen LogP contribution in [0.1, 0.15) is 16.8 Å². The predicted molar refractivity (Wildman–Crippen MR) is 91.7 cm³/mol. The van der Waals surface area contributed by atoms with Crippen LogP contribution in [0, 0.1) is 5.82 Å². The van der Waals surface area contributed by atoms with Crippen molar-refractivity contribution in [2.75, 3.05) is 32.6 Å². The van der Waals surface area contributed by atoms with E-state index in [4.69, 9.17) is 9.26 Å². The van der Waals surface area contributed by atoms with Crippen molar-refractivity contribution >= 4 is 17.6 Å². The number of rotatable bonds is 5. The van der Waals surface area contributed by atoms with E-state index in [1.165, 1.54) is 25.3 Å². The van der Waals surface area contributed by atoms with Crippen molar-refractivity contribution in [2.24, 2.45) is 0 Å². The van der Waals surface area contributed by atoms with E-state index < -0.39 is 17.8 Å². The van der Waals surface area contributed by atoms with E-state index in [0.717, 1.165) is 0 Å². The van der Waals surface area contributed by atoms with E-state index in [1.807, 2.05) is 0 Å². The van der Waals surface area contributed by atoms with Gasteiger partial charge in [0.2, 0.25) is 5.91 Å². The Kier molecular flexibility index (Phi) is 4.79. The third-order valence-electron chi connectivity index (χ3n) is 4.09. The molecule has 2 amide bonds. The third kappa shape index (κ3) is 3.19. The Labute approximate surface area is 149 Å². The van der Waals surface area contributed by atoms with Crippen molar-refractivity contribution in [3.63, 3.8) is 0 Å². The smallest absolute Gasteiger partial charge is 0.259 e. The number of benzene rings is 1. The zero-order valence-electron chi connectivity index (χ0n) is 14.6. The molecule has 2 aromatic rings.